The van der Waals surface area contributed by atoms with Gasteiger partial charge in [0, 0.05) is 45.3 Å². The molecule has 1 aromatic rings. The summed E-state index contributed by atoms with van der Waals surface area (Å²) in [6.07, 6.45) is 2.10. The molecule has 0 radical (unpaired) electrons. The van der Waals surface area contributed by atoms with Gasteiger partial charge >= 0.3 is 0 Å². The molecular formula is C13H18N4O4. The van der Waals surface area contributed by atoms with E-state index in [1.165, 1.54) is 12.3 Å². The minimum Gasteiger partial charge on any atom is -0.396 e. The van der Waals surface area contributed by atoms with E-state index in [9.17, 15) is 14.9 Å². The summed E-state index contributed by atoms with van der Waals surface area (Å²) in [6.45, 7) is 2.52. The molecule has 0 spiro atoms. The van der Waals surface area contributed by atoms with Gasteiger partial charge in [-0.3, -0.25) is 14.9 Å². The van der Waals surface area contributed by atoms with Gasteiger partial charge in [-0.05, 0) is 12.5 Å². The molecule has 8 heteroatoms. The summed E-state index contributed by atoms with van der Waals surface area (Å²) in [5.41, 5.74) is -0.0310. The van der Waals surface area contributed by atoms with Gasteiger partial charge in [0.2, 0.25) is 5.91 Å². The number of aliphatic hydroxyl groups excluding tert-OH is 1. The van der Waals surface area contributed by atoms with Crippen molar-refractivity contribution in [2.24, 2.45) is 0 Å². The first-order valence-electron chi connectivity index (χ1n) is 6.86. The number of aliphatic hydroxyl groups is 1. The lowest BCUT2D eigenvalue weighted by molar-refractivity contribution is -0.385. The average molecular weight is 294 g/mol. The van der Waals surface area contributed by atoms with Gasteiger partial charge in [0.15, 0.2) is 0 Å². The van der Waals surface area contributed by atoms with Crippen molar-refractivity contribution >= 4 is 17.4 Å². The van der Waals surface area contributed by atoms with Crippen LogP contribution in [0.4, 0.5) is 11.5 Å². The van der Waals surface area contributed by atoms with Crippen LogP contribution in [0.2, 0.25) is 0 Å². The zero-order valence-corrected chi connectivity index (χ0v) is 11.6. The third-order valence-corrected chi connectivity index (χ3v) is 3.45. The monoisotopic (exact) mass is 294 g/mol. The second-order valence-corrected chi connectivity index (χ2v) is 4.83. The number of amides is 1. The molecule has 21 heavy (non-hydrogen) atoms. The van der Waals surface area contributed by atoms with Crippen molar-refractivity contribution in [3.05, 3.63) is 28.4 Å². The predicted molar refractivity (Wildman–Crippen MR) is 76.0 cm³/mol. The van der Waals surface area contributed by atoms with Crippen LogP contribution < -0.4 is 4.90 Å². The molecule has 8 nitrogen and oxygen atoms in total. The smallest absolute Gasteiger partial charge is 0.287 e. The van der Waals surface area contributed by atoms with Crippen LogP contribution in [-0.4, -0.2) is 58.6 Å². The van der Waals surface area contributed by atoms with Crippen LogP contribution in [-0.2, 0) is 4.79 Å². The maximum atomic E-state index is 11.8. The van der Waals surface area contributed by atoms with Crippen LogP contribution in [0.3, 0.4) is 0 Å². The zero-order valence-electron chi connectivity index (χ0n) is 11.6. The Balaban J connectivity index is 1.88. The van der Waals surface area contributed by atoms with Crippen molar-refractivity contribution in [2.75, 3.05) is 37.7 Å². The second kappa shape index (κ2) is 6.98. The fourth-order valence-corrected chi connectivity index (χ4v) is 2.25. The minimum atomic E-state index is -0.478. The van der Waals surface area contributed by atoms with Crippen molar-refractivity contribution < 1.29 is 14.8 Å². The maximum Gasteiger partial charge on any atom is 0.287 e. The van der Waals surface area contributed by atoms with Crippen molar-refractivity contribution in [3.63, 3.8) is 0 Å². The van der Waals surface area contributed by atoms with Crippen LogP contribution in [0.1, 0.15) is 12.8 Å². The highest BCUT2D eigenvalue weighted by atomic mass is 16.6. The Morgan fingerprint density at radius 1 is 1.33 bits per heavy atom. The normalized spacial score (nSPS) is 15.1. The summed E-state index contributed by atoms with van der Waals surface area (Å²) in [5, 5.41) is 19.3. The molecule has 0 unspecified atom stereocenters. The maximum absolute atomic E-state index is 11.8. The quantitative estimate of drug-likeness (QED) is 0.623. The Bertz CT molecular complexity index is 497. The number of nitro groups is 1. The number of pyridine rings is 1. The highest BCUT2D eigenvalue weighted by Crippen LogP contribution is 2.17. The molecule has 1 saturated heterocycles. The van der Waals surface area contributed by atoms with Gasteiger partial charge in [0.25, 0.3) is 5.69 Å². The first kappa shape index (κ1) is 15.2. The van der Waals surface area contributed by atoms with Crippen LogP contribution in [0.25, 0.3) is 0 Å². The number of rotatable bonds is 5. The summed E-state index contributed by atoms with van der Waals surface area (Å²) < 4.78 is 0. The summed E-state index contributed by atoms with van der Waals surface area (Å²) in [5.74, 6) is 0.739. The SMILES string of the molecule is O=C(CCCO)N1CCN(c2ccc([N+](=O)[O-])cn2)CC1. The van der Waals surface area contributed by atoms with E-state index in [4.69, 9.17) is 5.11 Å². The van der Waals surface area contributed by atoms with E-state index in [-0.39, 0.29) is 18.2 Å². The summed E-state index contributed by atoms with van der Waals surface area (Å²) in [4.78, 5) is 29.8. The third-order valence-electron chi connectivity index (χ3n) is 3.45. The summed E-state index contributed by atoms with van der Waals surface area (Å²) in [6, 6.07) is 3.06. The predicted octanol–water partition coefficient (Wildman–Crippen LogP) is 0.411. The third kappa shape index (κ3) is 3.88. The Morgan fingerprint density at radius 3 is 2.57 bits per heavy atom. The number of aromatic nitrogens is 1. The number of carbonyl (C=O) groups excluding carboxylic acids is 1. The molecule has 0 bridgehead atoms. The molecule has 1 fully saturated rings. The zero-order chi connectivity index (χ0) is 15.2. The van der Waals surface area contributed by atoms with E-state index in [0.717, 1.165) is 0 Å². The number of hydrogen-bond donors (Lipinski definition) is 1. The average Bonchev–Trinajstić information content (AvgIpc) is 2.53. The fraction of sp³-hybridized carbons (Fsp3) is 0.538. The Labute approximate surface area is 122 Å². The van der Waals surface area contributed by atoms with Gasteiger partial charge in [-0.15, -0.1) is 0 Å². The molecule has 0 atom stereocenters. The van der Waals surface area contributed by atoms with Gasteiger partial charge in [0.05, 0.1) is 4.92 Å². The molecule has 1 aliphatic rings. The first-order valence-corrected chi connectivity index (χ1v) is 6.86. The first-order chi connectivity index (χ1) is 10.1. The lowest BCUT2D eigenvalue weighted by atomic mass is 10.2. The van der Waals surface area contributed by atoms with Crippen LogP contribution in [0.15, 0.2) is 18.3 Å². The largest absolute Gasteiger partial charge is 0.396 e. The van der Waals surface area contributed by atoms with Crippen LogP contribution >= 0.6 is 0 Å². The number of carbonyl (C=O) groups is 1. The van der Waals surface area contributed by atoms with Gasteiger partial charge < -0.3 is 14.9 Å². The Kier molecular flexibility index (Phi) is 5.04. The number of piperazine rings is 1. The van der Waals surface area contributed by atoms with Crippen molar-refractivity contribution in [2.45, 2.75) is 12.8 Å². The topological polar surface area (TPSA) is 99.8 Å². The highest BCUT2D eigenvalue weighted by Gasteiger charge is 2.21. The van der Waals surface area contributed by atoms with Gasteiger partial charge in [-0.1, -0.05) is 0 Å². The molecular weight excluding hydrogens is 276 g/mol. The van der Waals surface area contributed by atoms with Gasteiger partial charge in [-0.25, -0.2) is 4.98 Å². The molecule has 114 valence electrons. The number of hydrogen-bond acceptors (Lipinski definition) is 6. The summed E-state index contributed by atoms with van der Waals surface area (Å²) >= 11 is 0. The molecule has 0 aromatic carbocycles. The molecule has 2 rings (SSSR count). The second-order valence-electron chi connectivity index (χ2n) is 4.83. The van der Waals surface area contributed by atoms with E-state index in [0.29, 0.717) is 44.8 Å². The van der Waals surface area contributed by atoms with Crippen LogP contribution in [0, 0.1) is 10.1 Å². The van der Waals surface area contributed by atoms with E-state index in [2.05, 4.69) is 4.98 Å². The van der Waals surface area contributed by atoms with Crippen LogP contribution in [0.5, 0.6) is 0 Å². The lowest BCUT2D eigenvalue weighted by Crippen LogP contribution is -2.49. The van der Waals surface area contributed by atoms with E-state index in [1.54, 1.807) is 11.0 Å². The van der Waals surface area contributed by atoms with Crippen molar-refractivity contribution in [1.29, 1.82) is 0 Å². The summed E-state index contributed by atoms with van der Waals surface area (Å²) in [7, 11) is 0. The fourth-order valence-electron chi connectivity index (χ4n) is 2.25. The highest BCUT2D eigenvalue weighted by molar-refractivity contribution is 5.76. The standard InChI is InChI=1S/C13H18N4O4/c18-9-1-2-13(19)16-7-5-15(6-8-16)12-4-3-11(10-14-12)17(20)21/h3-4,10,18H,1-2,5-9H2. The molecule has 0 saturated carbocycles. The van der Waals surface area contributed by atoms with E-state index < -0.39 is 4.92 Å². The number of anilines is 1. The molecule has 1 aromatic heterocycles. The molecule has 1 amide bonds. The van der Waals surface area contributed by atoms with E-state index >= 15 is 0 Å². The van der Waals surface area contributed by atoms with Gasteiger partial charge in [0.1, 0.15) is 12.0 Å². The Hall–Kier alpha value is -2.22. The molecule has 2 heterocycles. The molecule has 1 N–H and O–H groups in total. The molecule has 0 aliphatic carbocycles. The lowest BCUT2D eigenvalue weighted by Gasteiger charge is -2.35. The van der Waals surface area contributed by atoms with Crippen molar-refractivity contribution in [1.82, 2.24) is 9.88 Å². The van der Waals surface area contributed by atoms with Gasteiger partial charge in [-0.2, -0.15) is 0 Å². The van der Waals surface area contributed by atoms with Crippen molar-refractivity contribution in [3.8, 4) is 0 Å². The van der Waals surface area contributed by atoms with E-state index in [1.807, 2.05) is 4.90 Å². The molecule has 1 aliphatic heterocycles. The minimum absolute atomic E-state index is 0.0262. The Morgan fingerprint density at radius 2 is 2.05 bits per heavy atom. The number of nitrogens with zero attached hydrogens (tertiary/aromatic N) is 4.